The Hall–Kier alpha value is -4.98. The van der Waals surface area contributed by atoms with Crippen LogP contribution in [0.5, 0.6) is 0 Å². The van der Waals surface area contributed by atoms with Crippen LogP contribution in [0.4, 0.5) is 4.79 Å². The molecule has 18 nitrogen and oxygen atoms in total. The summed E-state index contributed by atoms with van der Waals surface area (Å²) in [6, 6.07) is 5.86. The van der Waals surface area contributed by atoms with E-state index in [0.29, 0.717) is 18.3 Å². The van der Waals surface area contributed by atoms with Crippen molar-refractivity contribution in [2.75, 3.05) is 27.2 Å². The fourth-order valence-electron chi connectivity index (χ4n) is 8.92. The highest BCUT2D eigenvalue weighted by molar-refractivity contribution is 5.92. The maximum atomic E-state index is 13.6. The molecule has 2 aliphatic rings. The van der Waals surface area contributed by atoms with Crippen molar-refractivity contribution in [1.82, 2.24) is 20.5 Å². The Morgan fingerprint density at radius 3 is 2.42 bits per heavy atom. The lowest BCUT2D eigenvalue weighted by atomic mass is 9.79. The maximum absolute atomic E-state index is 13.6. The van der Waals surface area contributed by atoms with Crippen LogP contribution in [0, 0.1) is 23.7 Å². The number of ether oxygens (including phenoxy) is 5. The smallest absolute Gasteiger partial charge is 0.408 e. The number of para-hydroxylation sites is 1. The molecule has 0 spiro atoms. The number of benzene rings is 1. The Morgan fingerprint density at radius 1 is 1.04 bits per heavy atom. The number of hydrogen-bond donors (Lipinski definition) is 6. The van der Waals surface area contributed by atoms with Gasteiger partial charge < -0.3 is 64.3 Å². The Balaban J connectivity index is 1.45. The lowest BCUT2D eigenvalue weighted by Crippen LogP contribution is -2.63. The highest BCUT2D eigenvalue weighted by atomic mass is 16.7. The van der Waals surface area contributed by atoms with E-state index in [1.807, 2.05) is 24.3 Å². The number of esters is 2. The van der Waals surface area contributed by atoms with Gasteiger partial charge in [0.2, 0.25) is 5.91 Å². The first kappa shape index (κ1) is 56.6. The van der Waals surface area contributed by atoms with Crippen LogP contribution in [0.2, 0.25) is 0 Å². The molecule has 6 N–H and O–H groups in total. The number of carbonyl (C=O) groups excluding carboxylic acids is 6. The monoisotopic (exact) mass is 969 g/mol. The fraction of sp³-hybridized carbons (Fsp3) is 0.647. The SMILES string of the molecule is CC[C@H]1OC(=O)C[C@@H](O)[C@H](C)[C@@H](O[C@@H]2O[C@H](C)[C@@H](O)[C@H](N(C)C)[C@H]2O)[C@@H](CC=O)C[C@@H](C)C(=O)/C=C/C(C)=C/[C@@H]1COC(=O)CCCNC(=O)[C@H](Cc1c[nH]c2ccccc12)NC(=O)OC(C)(C)C. The number of nitrogens with one attached hydrogen (secondary N) is 3. The lowest BCUT2D eigenvalue weighted by Gasteiger charge is -2.46. The third-order valence-electron chi connectivity index (χ3n) is 12.8. The number of allylic oxidation sites excluding steroid dienone is 3. The summed E-state index contributed by atoms with van der Waals surface area (Å²) in [7, 11) is 3.40. The van der Waals surface area contributed by atoms with E-state index < -0.39 is 115 Å². The van der Waals surface area contributed by atoms with Gasteiger partial charge in [0.25, 0.3) is 0 Å². The van der Waals surface area contributed by atoms with E-state index in [1.165, 1.54) is 6.08 Å². The number of aromatic amines is 1. The summed E-state index contributed by atoms with van der Waals surface area (Å²) in [5.74, 6) is -4.79. The zero-order chi connectivity index (χ0) is 51.2. The van der Waals surface area contributed by atoms with Gasteiger partial charge >= 0.3 is 18.0 Å². The topological polar surface area (TPSA) is 252 Å². The maximum Gasteiger partial charge on any atom is 0.408 e. The number of amides is 2. The van der Waals surface area contributed by atoms with E-state index in [1.54, 1.807) is 92.7 Å². The first-order valence-electron chi connectivity index (χ1n) is 24.1. The average Bonchev–Trinajstić information content (AvgIpc) is 3.69. The second-order valence-corrected chi connectivity index (χ2v) is 19.8. The van der Waals surface area contributed by atoms with Crippen molar-refractivity contribution >= 4 is 46.9 Å². The molecule has 69 heavy (non-hydrogen) atoms. The molecule has 1 aromatic heterocycles. The molecule has 18 heteroatoms. The lowest BCUT2D eigenvalue weighted by molar-refractivity contribution is -0.304. The normalized spacial score (nSPS) is 30.4. The molecule has 384 valence electrons. The van der Waals surface area contributed by atoms with Crippen molar-refractivity contribution < 1.29 is 67.8 Å². The van der Waals surface area contributed by atoms with Crippen LogP contribution in [0.25, 0.3) is 10.9 Å². The Kier molecular flexibility index (Phi) is 21.6. The number of cyclic esters (lactones) is 1. The zero-order valence-corrected chi connectivity index (χ0v) is 41.8. The molecule has 0 aliphatic carbocycles. The number of ketones is 1. The number of H-pyrrole nitrogens is 1. The van der Waals surface area contributed by atoms with Crippen LogP contribution < -0.4 is 10.6 Å². The molecule has 13 atom stereocenters. The van der Waals surface area contributed by atoms with Gasteiger partial charge in [-0.25, -0.2) is 4.79 Å². The standard InChI is InChI=1S/C51H76N4O14/c1-11-41-35(28-65-42(59)17-14-21-52-48(63)38(54-50(64)69-51(6,7)8)25-34-27-53-37-16-13-12-15-36(34)37)23-29(2)18-19-39(57)30(3)24-33(20-22-56)47(31(4)40(58)26-43(60)67-41)68-49-46(62)44(55(9)10)45(61)32(5)66-49/h12-13,15-16,18-19,22-23,27,30-33,35,38,40-41,44-47,49,53,58,61-62H,11,14,17,20-21,24-26,28H2,1-10H3,(H,52,63)(H,54,64)/b19-18+,29-23+/t30-,31+,32-,33+,35-,38+,40-,41-,44+,45-,46-,47-,49+/m1/s1. The van der Waals surface area contributed by atoms with Gasteiger partial charge in [-0.1, -0.05) is 56.7 Å². The van der Waals surface area contributed by atoms with Crippen molar-refractivity contribution in [3.63, 3.8) is 0 Å². The summed E-state index contributed by atoms with van der Waals surface area (Å²) in [6.07, 6.45) is -0.805. The number of nitrogens with zero attached hydrogens (tertiary/aromatic N) is 1. The minimum Gasteiger partial charge on any atom is -0.465 e. The number of fused-ring (bicyclic) bond motifs is 1. The molecule has 0 bridgehead atoms. The molecule has 1 fully saturated rings. The molecule has 1 aromatic carbocycles. The van der Waals surface area contributed by atoms with E-state index >= 15 is 0 Å². The van der Waals surface area contributed by atoms with Crippen LogP contribution in [0.3, 0.4) is 0 Å². The molecule has 2 amide bonds. The first-order chi connectivity index (χ1) is 32.5. The van der Waals surface area contributed by atoms with E-state index in [-0.39, 0.29) is 51.0 Å². The van der Waals surface area contributed by atoms with Gasteiger partial charge in [-0.15, -0.1) is 0 Å². The Bertz CT molecular complexity index is 2100. The number of hydrogen-bond acceptors (Lipinski definition) is 15. The molecule has 0 radical (unpaired) electrons. The van der Waals surface area contributed by atoms with Crippen molar-refractivity contribution in [2.24, 2.45) is 23.7 Å². The highest BCUT2D eigenvalue weighted by Crippen LogP contribution is 2.34. The second kappa shape index (κ2) is 26.3. The Labute approximate surface area is 405 Å². The van der Waals surface area contributed by atoms with Gasteiger partial charge in [-0.3, -0.25) is 19.2 Å². The Morgan fingerprint density at radius 2 is 1.75 bits per heavy atom. The molecule has 0 unspecified atom stereocenters. The highest BCUT2D eigenvalue weighted by Gasteiger charge is 2.47. The minimum atomic E-state index is -1.37. The molecule has 2 aliphatic heterocycles. The van der Waals surface area contributed by atoms with Crippen LogP contribution >= 0.6 is 0 Å². The number of rotatable bonds is 16. The number of aliphatic hydroxyl groups excluding tert-OH is 3. The summed E-state index contributed by atoms with van der Waals surface area (Å²) in [5, 5.41) is 40.2. The minimum absolute atomic E-state index is 0.0578. The molecule has 3 heterocycles. The molecular formula is C51H76N4O14. The van der Waals surface area contributed by atoms with Gasteiger partial charge in [0.15, 0.2) is 12.1 Å². The van der Waals surface area contributed by atoms with E-state index in [2.05, 4.69) is 15.6 Å². The number of aromatic nitrogens is 1. The molecule has 1 saturated heterocycles. The molecule has 4 rings (SSSR count). The number of aldehydes is 1. The fourth-order valence-corrected chi connectivity index (χ4v) is 8.92. The predicted molar refractivity (Wildman–Crippen MR) is 256 cm³/mol. The van der Waals surface area contributed by atoms with Crippen LogP contribution in [-0.2, 0) is 54.1 Å². The number of carbonyl (C=O) groups is 6. The van der Waals surface area contributed by atoms with Crippen LogP contribution in [-0.4, -0.2) is 149 Å². The average molecular weight is 969 g/mol. The first-order valence-corrected chi connectivity index (χ1v) is 24.1. The van der Waals surface area contributed by atoms with Gasteiger partial charge in [0.1, 0.15) is 36.7 Å². The van der Waals surface area contributed by atoms with Gasteiger partial charge in [-0.2, -0.15) is 0 Å². The summed E-state index contributed by atoms with van der Waals surface area (Å²) < 4.78 is 29.5. The van der Waals surface area contributed by atoms with Gasteiger partial charge in [0.05, 0.1) is 36.9 Å². The molecule has 2 aromatic rings. The third kappa shape index (κ3) is 16.8. The third-order valence-corrected chi connectivity index (χ3v) is 12.8. The summed E-state index contributed by atoms with van der Waals surface area (Å²) >= 11 is 0. The molecular weight excluding hydrogens is 893 g/mol. The van der Waals surface area contributed by atoms with E-state index in [0.717, 1.165) is 16.5 Å². The summed E-state index contributed by atoms with van der Waals surface area (Å²) in [4.78, 5) is 83.6. The number of alkyl carbamates (subject to hydrolysis) is 1. The zero-order valence-electron chi connectivity index (χ0n) is 41.8. The van der Waals surface area contributed by atoms with Crippen molar-refractivity contribution in [1.29, 1.82) is 0 Å². The predicted octanol–water partition coefficient (Wildman–Crippen LogP) is 4.47. The van der Waals surface area contributed by atoms with Crippen LogP contribution in [0.1, 0.15) is 99.5 Å². The van der Waals surface area contributed by atoms with E-state index in [9.17, 15) is 44.1 Å². The van der Waals surface area contributed by atoms with Crippen molar-refractivity contribution in [2.45, 2.75) is 161 Å². The second-order valence-electron chi connectivity index (χ2n) is 19.8. The number of aliphatic hydroxyl groups is 3. The summed E-state index contributed by atoms with van der Waals surface area (Å²) in [6.45, 7) is 13.6. The summed E-state index contributed by atoms with van der Waals surface area (Å²) in [5.41, 5.74) is 1.54. The van der Waals surface area contributed by atoms with Gasteiger partial charge in [-0.05, 0) is 91.6 Å². The van der Waals surface area contributed by atoms with Crippen molar-refractivity contribution in [3.05, 3.63) is 59.8 Å². The van der Waals surface area contributed by atoms with Crippen LogP contribution in [0.15, 0.2) is 54.3 Å². The van der Waals surface area contributed by atoms with Gasteiger partial charge in [0, 0.05) is 60.7 Å². The van der Waals surface area contributed by atoms with E-state index in [4.69, 9.17) is 23.7 Å². The molecule has 0 saturated carbocycles. The van der Waals surface area contributed by atoms with Crippen molar-refractivity contribution in [3.8, 4) is 0 Å². The number of likely N-dealkylation sites (N-methyl/N-ethyl adjacent to an activating group) is 1. The quantitative estimate of drug-likeness (QED) is 0.0588. The largest absolute Gasteiger partial charge is 0.465 e.